The minimum absolute atomic E-state index is 0.0139. The number of carbonyl (C=O) groups is 1. The number of hydrogen-bond donors (Lipinski definition) is 3. The normalized spacial score (nSPS) is 22.0. The highest BCUT2D eigenvalue weighted by Crippen LogP contribution is 2.32. The van der Waals surface area contributed by atoms with Gasteiger partial charge in [0.05, 0.1) is 0 Å². The van der Waals surface area contributed by atoms with Gasteiger partial charge in [0.15, 0.2) is 0 Å². The second-order valence-electron chi connectivity index (χ2n) is 5.33. The third kappa shape index (κ3) is 3.46. The van der Waals surface area contributed by atoms with Crippen LogP contribution in [0.2, 0.25) is 0 Å². The Balaban J connectivity index is 2.42. The summed E-state index contributed by atoms with van der Waals surface area (Å²) in [7, 11) is 0. The van der Waals surface area contributed by atoms with E-state index in [0.29, 0.717) is 12.8 Å². The van der Waals surface area contributed by atoms with Gasteiger partial charge in [-0.1, -0.05) is 6.92 Å². The average Bonchev–Trinajstić information content (AvgIpc) is 2.15. The first-order valence-electron chi connectivity index (χ1n) is 6.14. The molecule has 1 rings (SSSR count). The van der Waals surface area contributed by atoms with Crippen molar-refractivity contribution >= 4 is 5.91 Å². The van der Waals surface area contributed by atoms with Crippen LogP contribution in [0.1, 0.15) is 52.4 Å². The first-order chi connectivity index (χ1) is 7.43. The largest absolute Gasteiger partial charge is 0.396 e. The summed E-state index contributed by atoms with van der Waals surface area (Å²) in [5, 5.41) is 11.9. The lowest BCUT2D eigenvalue weighted by atomic mass is 9.75. The number of carbonyl (C=O) groups excluding carboxylic acids is 1. The van der Waals surface area contributed by atoms with E-state index in [1.54, 1.807) is 0 Å². The molecule has 16 heavy (non-hydrogen) atoms. The van der Waals surface area contributed by atoms with Gasteiger partial charge < -0.3 is 16.2 Å². The van der Waals surface area contributed by atoms with E-state index in [1.165, 1.54) is 0 Å². The molecule has 1 fully saturated rings. The number of amides is 1. The predicted molar refractivity (Wildman–Crippen MR) is 63.9 cm³/mol. The Morgan fingerprint density at radius 3 is 2.56 bits per heavy atom. The average molecular weight is 228 g/mol. The molecule has 1 unspecified atom stereocenters. The van der Waals surface area contributed by atoms with Crippen molar-refractivity contribution in [2.24, 2.45) is 5.73 Å². The molecule has 0 radical (unpaired) electrons. The highest BCUT2D eigenvalue weighted by Gasteiger charge is 2.36. The predicted octanol–water partition coefficient (Wildman–Crippen LogP) is 0.925. The van der Waals surface area contributed by atoms with Crippen molar-refractivity contribution in [1.29, 1.82) is 0 Å². The standard InChI is InChI=1S/C12H24N2O2/c1-3-11(2,7-8-15)14-10(16)9-12(13)5-4-6-12/h15H,3-9,13H2,1-2H3,(H,14,16). The summed E-state index contributed by atoms with van der Waals surface area (Å²) in [4.78, 5) is 11.8. The van der Waals surface area contributed by atoms with Crippen LogP contribution < -0.4 is 11.1 Å². The van der Waals surface area contributed by atoms with Gasteiger partial charge in [-0.05, 0) is 39.0 Å². The molecule has 0 bridgehead atoms. The molecule has 1 saturated carbocycles. The van der Waals surface area contributed by atoms with E-state index in [9.17, 15) is 4.79 Å². The lowest BCUT2D eigenvalue weighted by Gasteiger charge is -2.39. The Morgan fingerprint density at radius 2 is 2.19 bits per heavy atom. The molecule has 4 nitrogen and oxygen atoms in total. The maximum Gasteiger partial charge on any atom is 0.222 e. The molecular weight excluding hydrogens is 204 g/mol. The number of nitrogens with one attached hydrogen (secondary N) is 1. The smallest absolute Gasteiger partial charge is 0.222 e. The summed E-state index contributed by atoms with van der Waals surface area (Å²) in [5.74, 6) is 0.0139. The highest BCUT2D eigenvalue weighted by molar-refractivity contribution is 5.78. The number of aliphatic hydroxyl groups excluding tert-OH is 1. The van der Waals surface area contributed by atoms with E-state index in [1.807, 2.05) is 13.8 Å². The lowest BCUT2D eigenvalue weighted by Crippen LogP contribution is -2.53. The molecule has 1 atom stereocenters. The molecule has 1 aliphatic rings. The minimum Gasteiger partial charge on any atom is -0.396 e. The lowest BCUT2D eigenvalue weighted by molar-refractivity contribution is -0.125. The van der Waals surface area contributed by atoms with Crippen LogP contribution >= 0.6 is 0 Å². The Hall–Kier alpha value is -0.610. The summed E-state index contributed by atoms with van der Waals surface area (Å²) in [6, 6.07) is 0. The molecule has 0 aliphatic heterocycles. The Bertz CT molecular complexity index is 251. The molecule has 0 spiro atoms. The summed E-state index contributed by atoms with van der Waals surface area (Å²) in [6.07, 6.45) is 4.84. The third-order valence-electron chi connectivity index (χ3n) is 3.75. The summed E-state index contributed by atoms with van der Waals surface area (Å²) in [5.41, 5.74) is 5.46. The van der Waals surface area contributed by atoms with E-state index in [4.69, 9.17) is 10.8 Å². The zero-order chi connectivity index (χ0) is 12.2. The zero-order valence-corrected chi connectivity index (χ0v) is 10.4. The Morgan fingerprint density at radius 1 is 1.56 bits per heavy atom. The summed E-state index contributed by atoms with van der Waals surface area (Å²) >= 11 is 0. The number of rotatable bonds is 6. The van der Waals surface area contributed by atoms with Gasteiger partial charge in [-0.3, -0.25) is 4.79 Å². The van der Waals surface area contributed by atoms with Gasteiger partial charge in [-0.2, -0.15) is 0 Å². The maximum atomic E-state index is 11.8. The van der Waals surface area contributed by atoms with Crippen LogP contribution in [0, 0.1) is 0 Å². The second-order valence-corrected chi connectivity index (χ2v) is 5.33. The number of hydrogen-bond acceptors (Lipinski definition) is 3. The molecule has 0 aromatic heterocycles. The van der Waals surface area contributed by atoms with Crippen molar-refractivity contribution < 1.29 is 9.90 Å². The Kier molecular flexibility index (Phi) is 4.33. The van der Waals surface area contributed by atoms with Gasteiger partial charge in [-0.15, -0.1) is 0 Å². The van der Waals surface area contributed by atoms with Crippen LogP contribution in [-0.4, -0.2) is 28.7 Å². The van der Waals surface area contributed by atoms with Gasteiger partial charge >= 0.3 is 0 Å². The van der Waals surface area contributed by atoms with Crippen LogP contribution in [0.25, 0.3) is 0 Å². The van der Waals surface area contributed by atoms with Crippen LogP contribution in [0.5, 0.6) is 0 Å². The Labute approximate surface area is 97.6 Å². The van der Waals surface area contributed by atoms with E-state index in [0.717, 1.165) is 25.7 Å². The molecule has 0 heterocycles. The van der Waals surface area contributed by atoms with Crippen molar-refractivity contribution in [3.8, 4) is 0 Å². The molecule has 4 heteroatoms. The second kappa shape index (κ2) is 5.15. The molecule has 4 N–H and O–H groups in total. The fourth-order valence-corrected chi connectivity index (χ4v) is 2.08. The first kappa shape index (κ1) is 13.5. The third-order valence-corrected chi connectivity index (χ3v) is 3.75. The summed E-state index contributed by atoms with van der Waals surface area (Å²) in [6.45, 7) is 4.07. The van der Waals surface area contributed by atoms with Crippen LogP contribution in [-0.2, 0) is 4.79 Å². The number of aliphatic hydroxyl groups is 1. The summed E-state index contributed by atoms with van der Waals surface area (Å²) < 4.78 is 0. The van der Waals surface area contributed by atoms with E-state index in [-0.39, 0.29) is 23.6 Å². The van der Waals surface area contributed by atoms with Crippen molar-refractivity contribution in [3.05, 3.63) is 0 Å². The molecular formula is C12H24N2O2. The van der Waals surface area contributed by atoms with Gasteiger partial charge in [0.2, 0.25) is 5.91 Å². The van der Waals surface area contributed by atoms with E-state index >= 15 is 0 Å². The topological polar surface area (TPSA) is 75.3 Å². The fraction of sp³-hybridized carbons (Fsp3) is 0.917. The van der Waals surface area contributed by atoms with Crippen molar-refractivity contribution in [2.75, 3.05) is 6.61 Å². The quantitative estimate of drug-likeness (QED) is 0.633. The van der Waals surface area contributed by atoms with E-state index in [2.05, 4.69) is 5.32 Å². The monoisotopic (exact) mass is 228 g/mol. The van der Waals surface area contributed by atoms with Gasteiger partial charge in [-0.25, -0.2) is 0 Å². The molecule has 1 amide bonds. The van der Waals surface area contributed by atoms with Gasteiger partial charge in [0.1, 0.15) is 0 Å². The minimum atomic E-state index is -0.300. The number of nitrogens with two attached hydrogens (primary N) is 1. The van der Waals surface area contributed by atoms with E-state index < -0.39 is 0 Å². The molecule has 1 aliphatic carbocycles. The van der Waals surface area contributed by atoms with Gasteiger partial charge in [0.25, 0.3) is 0 Å². The van der Waals surface area contributed by atoms with Gasteiger partial charge in [0, 0.05) is 24.1 Å². The fourth-order valence-electron chi connectivity index (χ4n) is 2.08. The molecule has 0 aromatic carbocycles. The zero-order valence-electron chi connectivity index (χ0n) is 10.4. The SMILES string of the molecule is CCC(C)(CCO)NC(=O)CC1(N)CCC1. The van der Waals surface area contributed by atoms with Crippen molar-refractivity contribution in [1.82, 2.24) is 5.32 Å². The van der Waals surface area contributed by atoms with Crippen LogP contribution in [0.3, 0.4) is 0 Å². The molecule has 0 saturated heterocycles. The molecule has 94 valence electrons. The van der Waals surface area contributed by atoms with Crippen molar-refractivity contribution in [3.63, 3.8) is 0 Å². The van der Waals surface area contributed by atoms with Crippen molar-refractivity contribution in [2.45, 2.75) is 63.5 Å². The molecule has 0 aromatic rings. The highest BCUT2D eigenvalue weighted by atomic mass is 16.3. The van der Waals surface area contributed by atoms with Crippen LogP contribution in [0.4, 0.5) is 0 Å². The first-order valence-corrected chi connectivity index (χ1v) is 6.14. The maximum absolute atomic E-state index is 11.8. The van der Waals surface area contributed by atoms with Crippen LogP contribution in [0.15, 0.2) is 0 Å².